The van der Waals surface area contributed by atoms with Crippen molar-refractivity contribution in [3.8, 4) is 0 Å². The molecule has 0 saturated carbocycles. The monoisotopic (exact) mass is 378 g/mol. The minimum atomic E-state index is -0.476. The molecule has 1 amide bonds. The van der Waals surface area contributed by atoms with Gasteiger partial charge in [-0.05, 0) is 50.1 Å². The van der Waals surface area contributed by atoms with Crippen molar-refractivity contribution in [1.29, 1.82) is 0 Å². The van der Waals surface area contributed by atoms with E-state index in [9.17, 15) is 9.59 Å². The number of aromatic nitrogens is 1. The number of nitrogens with zero attached hydrogens (tertiary/aromatic N) is 1. The van der Waals surface area contributed by atoms with E-state index in [2.05, 4.69) is 5.32 Å². The Morgan fingerprint density at radius 3 is 2.57 bits per heavy atom. The lowest BCUT2D eigenvalue weighted by atomic mass is 9.99. The zero-order chi connectivity index (χ0) is 19.8. The second-order valence-electron chi connectivity index (χ2n) is 7.11. The summed E-state index contributed by atoms with van der Waals surface area (Å²) in [6, 6.07) is 5.85. The lowest BCUT2D eigenvalue weighted by Crippen LogP contribution is -2.30. The molecule has 0 fully saturated rings. The van der Waals surface area contributed by atoms with E-state index in [1.165, 1.54) is 0 Å². The quantitative estimate of drug-likeness (QED) is 0.538. The lowest BCUT2D eigenvalue weighted by Gasteiger charge is -2.10. The van der Waals surface area contributed by atoms with Gasteiger partial charge in [-0.3, -0.25) is 4.79 Å². The van der Waals surface area contributed by atoms with Crippen molar-refractivity contribution in [3.63, 3.8) is 0 Å². The van der Waals surface area contributed by atoms with E-state index in [4.69, 9.17) is 8.83 Å². The lowest BCUT2D eigenvalue weighted by molar-refractivity contribution is -0.120. The highest BCUT2D eigenvalue weighted by molar-refractivity contribution is 6.00. The summed E-state index contributed by atoms with van der Waals surface area (Å²) < 4.78 is 13.2. The van der Waals surface area contributed by atoms with Gasteiger partial charge >= 0.3 is 5.63 Å². The number of hydrogen-bond acceptors (Lipinski definition) is 4. The van der Waals surface area contributed by atoms with Gasteiger partial charge in [-0.15, -0.1) is 0 Å². The molecule has 6 nitrogen and oxygen atoms in total. The molecule has 0 aliphatic carbocycles. The van der Waals surface area contributed by atoms with Crippen molar-refractivity contribution in [1.82, 2.24) is 9.88 Å². The maximum absolute atomic E-state index is 12.6. The van der Waals surface area contributed by atoms with Crippen LogP contribution in [0.1, 0.15) is 22.3 Å². The van der Waals surface area contributed by atoms with Crippen LogP contribution >= 0.6 is 0 Å². The summed E-state index contributed by atoms with van der Waals surface area (Å²) in [5.74, 6) is -0.195. The van der Waals surface area contributed by atoms with Crippen LogP contribution in [0, 0.1) is 20.8 Å². The average molecular weight is 378 g/mol. The highest BCUT2D eigenvalue weighted by atomic mass is 16.4. The summed E-state index contributed by atoms with van der Waals surface area (Å²) in [5, 5.41) is 4.69. The fourth-order valence-corrected chi connectivity index (χ4v) is 3.59. The molecule has 3 heterocycles. The molecule has 4 rings (SSSR count). The number of carbonyl (C=O) groups excluding carboxylic acids is 1. The molecule has 0 saturated heterocycles. The third-order valence-corrected chi connectivity index (χ3v) is 5.23. The summed E-state index contributed by atoms with van der Waals surface area (Å²) in [7, 11) is 0. The molecule has 0 atom stereocenters. The van der Waals surface area contributed by atoms with Gasteiger partial charge in [0.05, 0.1) is 18.2 Å². The SMILES string of the molecule is Cc1coc2c(C)c3oc(=O)c(CC(=O)NCCn4cccc4)c(C)c3cc12. The van der Waals surface area contributed by atoms with Gasteiger partial charge in [0.25, 0.3) is 0 Å². The Kier molecular flexibility index (Phi) is 4.55. The van der Waals surface area contributed by atoms with Gasteiger partial charge in [0.15, 0.2) is 0 Å². The Balaban J connectivity index is 1.63. The molecule has 1 N–H and O–H groups in total. The van der Waals surface area contributed by atoms with Crippen molar-refractivity contribution in [2.24, 2.45) is 0 Å². The number of carbonyl (C=O) groups is 1. The Bertz CT molecular complexity index is 1230. The number of benzene rings is 1. The highest BCUT2D eigenvalue weighted by Gasteiger charge is 2.19. The first kappa shape index (κ1) is 18.1. The molecule has 0 aliphatic heterocycles. The maximum atomic E-state index is 12.6. The number of amides is 1. The zero-order valence-electron chi connectivity index (χ0n) is 16.2. The van der Waals surface area contributed by atoms with Gasteiger partial charge in [0.2, 0.25) is 5.91 Å². The van der Waals surface area contributed by atoms with Crippen LogP contribution in [0.3, 0.4) is 0 Å². The van der Waals surface area contributed by atoms with Crippen LogP contribution in [-0.4, -0.2) is 17.0 Å². The van der Waals surface area contributed by atoms with Gasteiger partial charge in [0.1, 0.15) is 11.2 Å². The molecule has 3 aromatic heterocycles. The minimum Gasteiger partial charge on any atom is -0.464 e. The molecular weight excluding hydrogens is 356 g/mol. The molecule has 0 unspecified atom stereocenters. The average Bonchev–Trinajstić information content (AvgIpc) is 3.30. The number of fused-ring (bicyclic) bond motifs is 2. The van der Waals surface area contributed by atoms with Gasteiger partial charge < -0.3 is 18.7 Å². The first-order valence-corrected chi connectivity index (χ1v) is 9.27. The smallest absolute Gasteiger partial charge is 0.340 e. The molecule has 4 aromatic rings. The number of nitrogens with one attached hydrogen (secondary N) is 1. The van der Waals surface area contributed by atoms with Crippen molar-refractivity contribution in [2.75, 3.05) is 6.54 Å². The molecule has 0 bridgehead atoms. The summed E-state index contributed by atoms with van der Waals surface area (Å²) in [4.78, 5) is 24.9. The van der Waals surface area contributed by atoms with Crippen LogP contribution in [0.25, 0.3) is 21.9 Å². The second-order valence-corrected chi connectivity index (χ2v) is 7.11. The molecule has 0 spiro atoms. The predicted octanol–water partition coefficient (Wildman–Crippen LogP) is 3.62. The van der Waals surface area contributed by atoms with E-state index in [-0.39, 0.29) is 12.3 Å². The van der Waals surface area contributed by atoms with E-state index < -0.39 is 5.63 Å². The number of rotatable bonds is 5. The third kappa shape index (κ3) is 3.11. The van der Waals surface area contributed by atoms with Crippen LogP contribution < -0.4 is 10.9 Å². The molecule has 144 valence electrons. The Hall–Kier alpha value is -3.28. The topological polar surface area (TPSA) is 77.4 Å². The standard InChI is InChI=1S/C22H22N2O4/c1-13-12-27-20-15(3)21-17(10-16(13)20)14(2)18(22(26)28-21)11-19(25)23-6-9-24-7-4-5-8-24/h4-5,7-8,10,12H,6,9,11H2,1-3H3,(H,23,25). The first-order chi connectivity index (χ1) is 13.5. The van der Waals surface area contributed by atoms with Gasteiger partial charge in [-0.1, -0.05) is 0 Å². The van der Waals surface area contributed by atoms with Crippen LogP contribution in [0.15, 0.2) is 50.5 Å². The summed E-state index contributed by atoms with van der Waals surface area (Å²) in [6.07, 6.45) is 5.57. The maximum Gasteiger partial charge on any atom is 0.340 e. The number of hydrogen-bond donors (Lipinski definition) is 1. The van der Waals surface area contributed by atoms with Crippen LogP contribution in [0.2, 0.25) is 0 Å². The molecule has 28 heavy (non-hydrogen) atoms. The normalized spacial score (nSPS) is 11.4. The Morgan fingerprint density at radius 2 is 1.82 bits per heavy atom. The van der Waals surface area contributed by atoms with E-state index in [1.807, 2.05) is 55.9 Å². The van der Waals surface area contributed by atoms with Crippen LogP contribution in [0.4, 0.5) is 0 Å². The van der Waals surface area contributed by atoms with Crippen LogP contribution in [-0.2, 0) is 17.8 Å². The zero-order valence-corrected chi connectivity index (χ0v) is 16.2. The van der Waals surface area contributed by atoms with Crippen molar-refractivity contribution in [3.05, 3.63) is 69.5 Å². The van der Waals surface area contributed by atoms with Crippen molar-refractivity contribution in [2.45, 2.75) is 33.7 Å². The fraction of sp³-hybridized carbons (Fsp3) is 0.273. The van der Waals surface area contributed by atoms with Gasteiger partial charge in [-0.2, -0.15) is 0 Å². The highest BCUT2D eigenvalue weighted by Crippen LogP contribution is 2.32. The largest absolute Gasteiger partial charge is 0.464 e. The van der Waals surface area contributed by atoms with E-state index in [0.717, 1.165) is 33.0 Å². The van der Waals surface area contributed by atoms with E-state index >= 15 is 0 Å². The fourth-order valence-electron chi connectivity index (χ4n) is 3.59. The predicted molar refractivity (Wildman–Crippen MR) is 108 cm³/mol. The summed E-state index contributed by atoms with van der Waals surface area (Å²) in [5.41, 5.74) is 3.75. The Labute approximate surface area is 161 Å². The molecule has 1 aromatic carbocycles. The minimum absolute atomic E-state index is 0.00274. The molecule has 0 radical (unpaired) electrons. The van der Waals surface area contributed by atoms with Crippen molar-refractivity contribution >= 4 is 27.8 Å². The molecule has 6 heteroatoms. The van der Waals surface area contributed by atoms with E-state index in [1.54, 1.807) is 6.26 Å². The second kappa shape index (κ2) is 7.03. The van der Waals surface area contributed by atoms with Gasteiger partial charge in [0, 0.05) is 41.8 Å². The van der Waals surface area contributed by atoms with E-state index in [0.29, 0.717) is 24.2 Å². The first-order valence-electron chi connectivity index (χ1n) is 9.27. The number of furan rings is 1. The number of aryl methyl sites for hydroxylation is 3. The molecular formula is C22H22N2O4. The van der Waals surface area contributed by atoms with Crippen LogP contribution in [0.5, 0.6) is 0 Å². The van der Waals surface area contributed by atoms with Gasteiger partial charge in [-0.25, -0.2) is 4.79 Å². The summed E-state index contributed by atoms with van der Waals surface area (Å²) in [6.45, 7) is 6.90. The van der Waals surface area contributed by atoms with Crippen molar-refractivity contribution < 1.29 is 13.6 Å². The Morgan fingerprint density at radius 1 is 1.07 bits per heavy atom. The summed E-state index contributed by atoms with van der Waals surface area (Å²) >= 11 is 0. The third-order valence-electron chi connectivity index (χ3n) is 5.23. The molecule has 0 aliphatic rings.